The van der Waals surface area contributed by atoms with Crippen molar-refractivity contribution in [2.45, 2.75) is 32.1 Å². The SMILES string of the molecule is Cc1nc2cc(C3CC3)nn2c2c1C=C(c1ccccc1)C(=O)C2. The summed E-state index contributed by atoms with van der Waals surface area (Å²) in [6.07, 6.45) is 4.78. The van der Waals surface area contributed by atoms with Gasteiger partial charge in [0.15, 0.2) is 11.4 Å². The van der Waals surface area contributed by atoms with Gasteiger partial charge in [0.1, 0.15) is 0 Å². The van der Waals surface area contributed by atoms with Gasteiger partial charge in [0.25, 0.3) is 0 Å². The second-order valence-electron chi connectivity index (χ2n) is 6.70. The maximum atomic E-state index is 12.7. The molecule has 0 saturated heterocycles. The van der Waals surface area contributed by atoms with Crippen molar-refractivity contribution in [2.24, 2.45) is 0 Å². The zero-order valence-electron chi connectivity index (χ0n) is 13.5. The molecule has 1 aromatic carbocycles. The van der Waals surface area contributed by atoms with Crippen LogP contribution in [0.3, 0.4) is 0 Å². The number of Topliss-reactive ketones (excluding diaryl/α,β-unsaturated/α-hetero) is 1. The van der Waals surface area contributed by atoms with E-state index in [9.17, 15) is 4.79 Å². The summed E-state index contributed by atoms with van der Waals surface area (Å²) in [5, 5.41) is 4.73. The second-order valence-corrected chi connectivity index (χ2v) is 6.70. The Kier molecular flexibility index (Phi) is 2.77. The fourth-order valence-electron chi connectivity index (χ4n) is 3.49. The summed E-state index contributed by atoms with van der Waals surface area (Å²) < 4.78 is 1.88. The zero-order chi connectivity index (χ0) is 16.3. The lowest BCUT2D eigenvalue weighted by Crippen LogP contribution is -2.17. The van der Waals surface area contributed by atoms with Crippen LogP contribution in [0.5, 0.6) is 0 Å². The Balaban J connectivity index is 1.72. The van der Waals surface area contributed by atoms with Crippen molar-refractivity contribution in [3.8, 4) is 0 Å². The van der Waals surface area contributed by atoms with Crippen molar-refractivity contribution in [3.05, 3.63) is 64.6 Å². The summed E-state index contributed by atoms with van der Waals surface area (Å²) in [6.45, 7) is 2.01. The predicted octanol–water partition coefficient (Wildman–Crippen LogP) is 3.58. The van der Waals surface area contributed by atoms with Crippen LogP contribution in [0, 0.1) is 6.92 Å². The van der Waals surface area contributed by atoms with Crippen molar-refractivity contribution < 1.29 is 4.79 Å². The van der Waals surface area contributed by atoms with Gasteiger partial charge in [0, 0.05) is 28.8 Å². The first-order valence-electron chi connectivity index (χ1n) is 8.40. The summed E-state index contributed by atoms with van der Waals surface area (Å²) in [5.41, 5.74) is 6.66. The summed E-state index contributed by atoms with van der Waals surface area (Å²) in [6, 6.07) is 11.9. The Labute approximate surface area is 139 Å². The molecule has 3 aromatic rings. The molecule has 24 heavy (non-hydrogen) atoms. The van der Waals surface area contributed by atoms with Crippen LogP contribution in [0.25, 0.3) is 17.3 Å². The number of carbonyl (C=O) groups is 1. The highest BCUT2D eigenvalue weighted by Crippen LogP contribution is 2.40. The van der Waals surface area contributed by atoms with E-state index in [-0.39, 0.29) is 5.78 Å². The highest BCUT2D eigenvalue weighted by molar-refractivity contribution is 6.27. The van der Waals surface area contributed by atoms with E-state index in [1.54, 1.807) is 0 Å². The monoisotopic (exact) mass is 315 g/mol. The molecule has 2 aliphatic carbocycles. The Morgan fingerprint density at radius 2 is 1.96 bits per heavy atom. The van der Waals surface area contributed by atoms with Crippen LogP contribution in [0.15, 0.2) is 36.4 Å². The van der Waals surface area contributed by atoms with Gasteiger partial charge in [-0.05, 0) is 31.4 Å². The highest BCUT2D eigenvalue weighted by atomic mass is 16.1. The Morgan fingerprint density at radius 1 is 1.17 bits per heavy atom. The number of carbonyl (C=O) groups excluding carboxylic acids is 1. The minimum absolute atomic E-state index is 0.143. The number of allylic oxidation sites excluding steroid dienone is 1. The molecule has 0 aliphatic heterocycles. The molecule has 1 fully saturated rings. The third-order valence-corrected chi connectivity index (χ3v) is 4.95. The Morgan fingerprint density at radius 3 is 2.71 bits per heavy atom. The molecule has 0 amide bonds. The molecule has 118 valence electrons. The quantitative estimate of drug-likeness (QED) is 0.726. The molecule has 4 heteroatoms. The molecule has 0 spiro atoms. The number of fused-ring (bicyclic) bond motifs is 3. The standard InChI is InChI=1S/C20H17N3O/c1-12-15-9-16(13-5-3-2-4-6-13)19(24)11-18(15)23-20(21-12)10-17(22-23)14-7-8-14/h2-6,9-10,14H,7-8,11H2,1H3. The van der Waals surface area contributed by atoms with Crippen molar-refractivity contribution >= 4 is 23.1 Å². The van der Waals surface area contributed by atoms with Crippen LogP contribution in [0.1, 0.15) is 47.0 Å². The van der Waals surface area contributed by atoms with Crippen molar-refractivity contribution in [3.63, 3.8) is 0 Å². The molecule has 0 radical (unpaired) electrons. The van der Waals surface area contributed by atoms with E-state index in [1.807, 2.05) is 47.8 Å². The molecular formula is C20H17N3O. The lowest BCUT2D eigenvalue weighted by molar-refractivity contribution is -0.113. The molecule has 0 atom stereocenters. The van der Waals surface area contributed by atoms with E-state index in [2.05, 4.69) is 6.07 Å². The van der Waals surface area contributed by atoms with Crippen LogP contribution < -0.4 is 0 Å². The summed E-state index contributed by atoms with van der Waals surface area (Å²) in [5.74, 6) is 0.724. The van der Waals surface area contributed by atoms with Gasteiger partial charge in [-0.3, -0.25) is 4.79 Å². The lowest BCUT2D eigenvalue weighted by Gasteiger charge is -2.18. The zero-order valence-corrected chi connectivity index (χ0v) is 13.5. The first kappa shape index (κ1) is 13.7. The first-order chi connectivity index (χ1) is 11.7. The molecule has 1 saturated carbocycles. The number of ketones is 1. The van der Waals surface area contributed by atoms with Gasteiger partial charge in [-0.25, -0.2) is 9.50 Å². The van der Waals surface area contributed by atoms with Gasteiger partial charge in [0.05, 0.1) is 17.8 Å². The number of aryl methyl sites for hydroxylation is 1. The van der Waals surface area contributed by atoms with Gasteiger partial charge in [-0.2, -0.15) is 5.10 Å². The van der Waals surface area contributed by atoms with E-state index in [0.717, 1.165) is 39.4 Å². The van der Waals surface area contributed by atoms with Crippen LogP contribution in [-0.4, -0.2) is 20.4 Å². The van der Waals surface area contributed by atoms with Gasteiger partial charge in [-0.15, -0.1) is 0 Å². The van der Waals surface area contributed by atoms with Gasteiger partial charge >= 0.3 is 0 Å². The van der Waals surface area contributed by atoms with Crippen LogP contribution in [0.2, 0.25) is 0 Å². The number of rotatable bonds is 2. The van der Waals surface area contributed by atoms with E-state index < -0.39 is 0 Å². The van der Waals surface area contributed by atoms with Crippen LogP contribution in [0.4, 0.5) is 0 Å². The fraction of sp³-hybridized carbons (Fsp3) is 0.250. The third-order valence-electron chi connectivity index (χ3n) is 4.95. The largest absolute Gasteiger partial charge is 0.294 e. The minimum atomic E-state index is 0.143. The topological polar surface area (TPSA) is 47.3 Å². The maximum Gasteiger partial charge on any atom is 0.169 e. The Bertz CT molecular complexity index is 1010. The molecular weight excluding hydrogens is 298 g/mol. The Hall–Kier alpha value is -2.75. The molecule has 0 unspecified atom stereocenters. The smallest absolute Gasteiger partial charge is 0.169 e. The van der Waals surface area contributed by atoms with Crippen LogP contribution >= 0.6 is 0 Å². The van der Waals surface area contributed by atoms with E-state index in [0.29, 0.717) is 12.3 Å². The summed E-state index contributed by atoms with van der Waals surface area (Å²) in [7, 11) is 0. The lowest BCUT2D eigenvalue weighted by atomic mass is 9.90. The molecule has 2 heterocycles. The summed E-state index contributed by atoms with van der Waals surface area (Å²) >= 11 is 0. The molecule has 2 aromatic heterocycles. The number of nitrogens with zero attached hydrogens (tertiary/aromatic N) is 3. The summed E-state index contributed by atoms with van der Waals surface area (Å²) in [4.78, 5) is 17.5. The number of aromatic nitrogens is 3. The molecule has 0 bridgehead atoms. The predicted molar refractivity (Wildman–Crippen MR) is 92.7 cm³/mol. The van der Waals surface area contributed by atoms with Crippen molar-refractivity contribution in [1.29, 1.82) is 0 Å². The number of hydrogen-bond donors (Lipinski definition) is 0. The maximum absolute atomic E-state index is 12.7. The van der Waals surface area contributed by atoms with Crippen LogP contribution in [-0.2, 0) is 11.2 Å². The van der Waals surface area contributed by atoms with Gasteiger partial charge < -0.3 is 0 Å². The van der Waals surface area contributed by atoms with Gasteiger partial charge in [-0.1, -0.05) is 30.3 Å². The van der Waals surface area contributed by atoms with Crippen molar-refractivity contribution in [1.82, 2.24) is 14.6 Å². The highest BCUT2D eigenvalue weighted by Gasteiger charge is 2.29. The minimum Gasteiger partial charge on any atom is -0.294 e. The number of hydrogen-bond acceptors (Lipinski definition) is 3. The normalized spacial score (nSPS) is 17.0. The molecule has 0 N–H and O–H groups in total. The third kappa shape index (κ3) is 2.03. The van der Waals surface area contributed by atoms with E-state index >= 15 is 0 Å². The molecule has 5 rings (SSSR count). The molecule has 2 aliphatic rings. The van der Waals surface area contributed by atoms with E-state index in [1.165, 1.54) is 12.8 Å². The van der Waals surface area contributed by atoms with E-state index in [4.69, 9.17) is 10.1 Å². The molecule has 4 nitrogen and oxygen atoms in total. The average Bonchev–Trinajstić information content (AvgIpc) is 3.35. The first-order valence-corrected chi connectivity index (χ1v) is 8.40. The average molecular weight is 315 g/mol. The fourth-order valence-corrected chi connectivity index (χ4v) is 3.49. The van der Waals surface area contributed by atoms with Gasteiger partial charge in [0.2, 0.25) is 0 Å². The number of benzene rings is 1. The second kappa shape index (κ2) is 4.87. The van der Waals surface area contributed by atoms with Crippen molar-refractivity contribution in [2.75, 3.05) is 0 Å².